The Kier molecular flexibility index (Phi) is 11.8. The average Bonchev–Trinajstić information content (AvgIpc) is 3.71. The lowest BCUT2D eigenvalue weighted by molar-refractivity contribution is -0.155. The van der Waals surface area contributed by atoms with Crippen molar-refractivity contribution >= 4 is 40.0 Å². The molecule has 6 bridgehead atoms. The van der Waals surface area contributed by atoms with Crippen LogP contribution in [0.1, 0.15) is 76.3 Å². The van der Waals surface area contributed by atoms with Gasteiger partial charge in [-0.2, -0.15) is 0 Å². The zero-order chi connectivity index (χ0) is 40.7. The van der Waals surface area contributed by atoms with Crippen molar-refractivity contribution in [3.63, 3.8) is 0 Å². The van der Waals surface area contributed by atoms with Crippen LogP contribution in [0.3, 0.4) is 0 Å². The zero-order valence-corrected chi connectivity index (χ0v) is 35.2. The fourth-order valence-corrected chi connectivity index (χ4v) is 9.68. The van der Waals surface area contributed by atoms with Crippen LogP contribution < -0.4 is 10.7 Å². The summed E-state index contributed by atoms with van der Waals surface area (Å²) >= 11 is 1.48. The molecule has 2 N–H and O–H groups in total. The summed E-state index contributed by atoms with van der Waals surface area (Å²) in [6.07, 6.45) is 4.45. The van der Waals surface area contributed by atoms with E-state index in [1.54, 1.807) is 13.3 Å². The number of rotatable bonds is 9. The quantitative estimate of drug-likeness (QED) is 0.196. The molecule has 3 aliphatic heterocycles. The Morgan fingerprint density at radius 1 is 1.17 bits per heavy atom. The van der Waals surface area contributed by atoms with Gasteiger partial charge in [0.25, 0.3) is 5.91 Å². The lowest BCUT2D eigenvalue weighted by atomic mass is 9.84. The predicted octanol–water partition coefficient (Wildman–Crippen LogP) is 5.89. The highest BCUT2D eigenvalue weighted by atomic mass is 32.1. The third-order valence-corrected chi connectivity index (χ3v) is 13.4. The van der Waals surface area contributed by atoms with Crippen LogP contribution in [0.4, 0.5) is 0 Å². The first-order valence-corrected chi connectivity index (χ1v) is 21.6. The largest absolute Gasteiger partial charge is 0.464 e. The second kappa shape index (κ2) is 16.8. The third kappa shape index (κ3) is 8.31. The Hall–Kier alpha value is -4.21. The molecule has 8 rings (SSSR count). The molecule has 13 nitrogen and oxygen atoms in total. The first-order valence-electron chi connectivity index (χ1n) is 20.7. The van der Waals surface area contributed by atoms with Crippen LogP contribution in [-0.2, 0) is 52.7 Å². The number of hydrogen-bond acceptors (Lipinski definition) is 11. The van der Waals surface area contributed by atoms with E-state index in [9.17, 15) is 14.4 Å². The number of thiazole rings is 1. The Bertz CT molecular complexity index is 2150. The normalized spacial score (nSPS) is 26.6. The summed E-state index contributed by atoms with van der Waals surface area (Å²) in [5.41, 5.74) is 9.39. The van der Waals surface area contributed by atoms with Crippen molar-refractivity contribution in [2.75, 3.05) is 40.1 Å². The molecule has 3 aromatic heterocycles. The number of hydrogen-bond donors (Lipinski definition) is 2. The minimum atomic E-state index is -0.849. The van der Waals surface area contributed by atoms with Crippen LogP contribution in [0.2, 0.25) is 0 Å². The van der Waals surface area contributed by atoms with E-state index in [1.165, 1.54) is 16.3 Å². The van der Waals surface area contributed by atoms with E-state index in [0.29, 0.717) is 52.2 Å². The van der Waals surface area contributed by atoms with Crippen LogP contribution in [0, 0.1) is 23.2 Å². The highest BCUT2D eigenvalue weighted by molar-refractivity contribution is 7.10. The fourth-order valence-electron chi connectivity index (χ4n) is 8.83. The van der Waals surface area contributed by atoms with E-state index in [2.05, 4.69) is 67.3 Å². The molecule has 58 heavy (non-hydrogen) atoms. The van der Waals surface area contributed by atoms with Gasteiger partial charge >= 0.3 is 5.97 Å². The van der Waals surface area contributed by atoms with Gasteiger partial charge in [0.1, 0.15) is 12.1 Å². The number of carbonyl (C=O) groups is 3. The number of nitrogens with zero attached hydrogens (tertiary/aromatic N) is 4. The summed E-state index contributed by atoms with van der Waals surface area (Å²) in [6.45, 7) is 13.3. The third-order valence-electron chi connectivity index (χ3n) is 12.5. The van der Waals surface area contributed by atoms with Gasteiger partial charge < -0.3 is 28.8 Å². The molecule has 4 aromatic rings. The minimum Gasteiger partial charge on any atom is -0.464 e. The number of cyclic esters (lactones) is 1. The number of ether oxygens (including phenoxy) is 4. The molecule has 310 valence electrons. The smallest absolute Gasteiger partial charge is 0.324 e. The Labute approximate surface area is 344 Å². The van der Waals surface area contributed by atoms with Gasteiger partial charge in [-0.15, -0.1) is 11.3 Å². The van der Waals surface area contributed by atoms with E-state index >= 15 is 0 Å². The summed E-state index contributed by atoms with van der Waals surface area (Å²) in [4.78, 5) is 51.3. The SMILES string of the molecule is CO[C@@H](C)c1ncccc1-c1c2c3cc(ccc3n1CCO[C@H]1CCOC1)-c1csc(n1)C[C@H](NC(=O)C1[C@@H](C)[C@H]1C)C(=O)N1CCC[C@H](N1)C(=O)OCC(C)(C)C2. The molecule has 2 amide bonds. The maximum absolute atomic E-state index is 14.2. The number of methoxy groups -OCH3 is 1. The van der Waals surface area contributed by atoms with Crippen molar-refractivity contribution < 1.29 is 33.3 Å². The summed E-state index contributed by atoms with van der Waals surface area (Å²) in [5, 5.41) is 8.39. The molecular weight excluding hydrogens is 757 g/mol. The average molecular weight is 813 g/mol. The van der Waals surface area contributed by atoms with Crippen molar-refractivity contribution in [1.29, 1.82) is 0 Å². The fraction of sp³-hybridized carbons (Fsp3) is 0.568. The summed E-state index contributed by atoms with van der Waals surface area (Å²) in [5.74, 6) is -0.421. The number of fused-ring (bicyclic) bond motifs is 6. The number of benzene rings is 1. The van der Waals surface area contributed by atoms with Gasteiger partial charge in [-0.25, -0.2) is 10.4 Å². The van der Waals surface area contributed by atoms with Gasteiger partial charge in [0, 0.05) is 78.2 Å². The van der Waals surface area contributed by atoms with Crippen LogP contribution >= 0.6 is 11.3 Å². The second-order valence-corrected chi connectivity index (χ2v) is 18.2. The molecule has 2 saturated heterocycles. The van der Waals surface area contributed by atoms with Crippen molar-refractivity contribution in [3.8, 4) is 22.5 Å². The number of nitrogens with one attached hydrogen (secondary N) is 2. The van der Waals surface area contributed by atoms with Gasteiger partial charge in [0.15, 0.2) is 0 Å². The maximum atomic E-state index is 14.2. The molecular formula is C44H56N6O7S. The van der Waals surface area contributed by atoms with E-state index < -0.39 is 23.5 Å². The van der Waals surface area contributed by atoms with Crippen molar-refractivity contribution in [2.45, 2.75) is 97.6 Å². The Morgan fingerprint density at radius 2 is 2.00 bits per heavy atom. The van der Waals surface area contributed by atoms with Crippen LogP contribution in [0.25, 0.3) is 33.4 Å². The lowest BCUT2D eigenvalue weighted by Gasteiger charge is -2.35. The molecule has 1 saturated carbocycles. The van der Waals surface area contributed by atoms with Gasteiger partial charge in [-0.3, -0.25) is 24.4 Å². The van der Waals surface area contributed by atoms with E-state index in [0.717, 1.165) is 56.1 Å². The number of carbonyl (C=O) groups excluding carboxylic acids is 3. The van der Waals surface area contributed by atoms with Crippen molar-refractivity contribution in [2.24, 2.45) is 23.2 Å². The Balaban J connectivity index is 1.24. The summed E-state index contributed by atoms with van der Waals surface area (Å²) in [6, 6.07) is 8.99. The highest BCUT2D eigenvalue weighted by Crippen LogP contribution is 2.46. The number of amides is 2. The molecule has 1 aliphatic carbocycles. The van der Waals surface area contributed by atoms with Gasteiger partial charge in [0.05, 0.1) is 54.1 Å². The van der Waals surface area contributed by atoms with E-state index in [4.69, 9.17) is 28.9 Å². The lowest BCUT2D eigenvalue weighted by Crippen LogP contribution is -2.60. The van der Waals surface area contributed by atoms with Crippen LogP contribution in [-0.4, -0.2) is 95.6 Å². The first-order chi connectivity index (χ1) is 27.9. The highest BCUT2D eigenvalue weighted by Gasteiger charge is 2.49. The van der Waals surface area contributed by atoms with Gasteiger partial charge in [0.2, 0.25) is 5.91 Å². The molecule has 1 unspecified atom stereocenters. The van der Waals surface area contributed by atoms with Crippen LogP contribution in [0.5, 0.6) is 0 Å². The number of esters is 1. The Morgan fingerprint density at radius 3 is 2.76 bits per heavy atom. The predicted molar refractivity (Wildman–Crippen MR) is 221 cm³/mol. The zero-order valence-electron chi connectivity index (χ0n) is 34.4. The number of pyridine rings is 1. The van der Waals surface area contributed by atoms with Crippen molar-refractivity contribution in [1.82, 2.24) is 30.3 Å². The van der Waals surface area contributed by atoms with Gasteiger partial charge in [-0.05, 0) is 74.3 Å². The van der Waals surface area contributed by atoms with Crippen molar-refractivity contribution in [3.05, 3.63) is 58.2 Å². The minimum absolute atomic E-state index is 0.0668. The first kappa shape index (κ1) is 40.6. The summed E-state index contributed by atoms with van der Waals surface area (Å²) in [7, 11) is 1.70. The molecule has 3 fully saturated rings. The van der Waals surface area contributed by atoms with E-state index in [-0.39, 0.29) is 54.8 Å². The van der Waals surface area contributed by atoms with E-state index in [1.807, 2.05) is 18.4 Å². The monoisotopic (exact) mass is 812 g/mol. The molecule has 0 radical (unpaired) electrons. The summed E-state index contributed by atoms with van der Waals surface area (Å²) < 4.78 is 26.3. The standard InChI is InChI=1S/C44H56N6O7S/c1-25-26(2)38(25)41(51)47-34-20-37-46-35(23-58-37)28-11-12-36-31(19-28)32(21-44(4,5)24-57-43(53)33-10-8-15-50(48-33)42(34)52)40(30-9-7-14-45-39(30)27(3)54-6)49(36)16-18-56-29-13-17-55-22-29/h7,9,11-12,14,19,23,25-27,29,33-34,38,48H,8,10,13,15-18,20-22,24H2,1-6H3,(H,47,51)/t25-,26+,27-,29-,33-,34-,38?/m0/s1. The molecule has 1 aromatic carbocycles. The molecule has 14 heteroatoms. The molecule has 4 aliphatic rings. The molecule has 7 atom stereocenters. The maximum Gasteiger partial charge on any atom is 0.324 e. The van der Waals surface area contributed by atoms with Gasteiger partial charge in [-0.1, -0.05) is 33.8 Å². The molecule has 0 spiro atoms. The number of hydrazine groups is 1. The number of aromatic nitrogens is 3. The van der Waals surface area contributed by atoms with Crippen LogP contribution in [0.15, 0.2) is 41.9 Å². The second-order valence-electron chi connectivity index (χ2n) is 17.3. The molecule has 6 heterocycles. The topological polar surface area (TPSA) is 146 Å².